The zero-order chi connectivity index (χ0) is 9.54. The van der Waals surface area contributed by atoms with E-state index in [-0.39, 0.29) is 0 Å². The van der Waals surface area contributed by atoms with E-state index in [9.17, 15) is 0 Å². The number of nitrogens with zero attached hydrogens (tertiary/aromatic N) is 2. The smallest absolute Gasteiger partial charge is 0.140 e. The van der Waals surface area contributed by atoms with Gasteiger partial charge < -0.3 is 9.97 Å². The molecule has 0 saturated heterocycles. The van der Waals surface area contributed by atoms with E-state index in [1.54, 1.807) is 12.4 Å². The molecule has 66 valence electrons. The SMILES string of the molecule is N#Cc1c[nH]c2ncc3cc[nH]c3c12. The maximum atomic E-state index is 8.91. The van der Waals surface area contributed by atoms with E-state index >= 15 is 0 Å². The topological polar surface area (TPSA) is 68.3 Å². The molecule has 2 N–H and O–H groups in total. The fourth-order valence-electron chi connectivity index (χ4n) is 1.70. The molecule has 0 atom stereocenters. The number of nitrogens with one attached hydrogen (secondary N) is 2. The van der Waals surface area contributed by atoms with Crippen molar-refractivity contribution in [3.05, 3.63) is 30.2 Å². The van der Waals surface area contributed by atoms with Gasteiger partial charge in [-0.2, -0.15) is 5.26 Å². The number of hydrogen-bond donors (Lipinski definition) is 2. The molecule has 0 aromatic carbocycles. The van der Waals surface area contributed by atoms with Crippen LogP contribution in [0.15, 0.2) is 24.7 Å². The summed E-state index contributed by atoms with van der Waals surface area (Å²) < 4.78 is 0. The monoisotopic (exact) mass is 182 g/mol. The molecule has 14 heavy (non-hydrogen) atoms. The molecule has 0 spiro atoms. The zero-order valence-corrected chi connectivity index (χ0v) is 7.20. The van der Waals surface area contributed by atoms with Gasteiger partial charge in [0.1, 0.15) is 11.7 Å². The molecule has 0 bridgehead atoms. The van der Waals surface area contributed by atoms with Gasteiger partial charge in [0.15, 0.2) is 0 Å². The lowest BCUT2D eigenvalue weighted by atomic mass is 10.2. The Morgan fingerprint density at radius 2 is 2.29 bits per heavy atom. The van der Waals surface area contributed by atoms with E-state index in [1.807, 2.05) is 12.3 Å². The van der Waals surface area contributed by atoms with Crippen LogP contribution in [0.4, 0.5) is 0 Å². The molecular weight excluding hydrogens is 176 g/mol. The fourth-order valence-corrected chi connectivity index (χ4v) is 1.70. The molecular formula is C10H6N4. The Bertz CT molecular complexity index is 653. The van der Waals surface area contributed by atoms with Crippen molar-refractivity contribution in [3.63, 3.8) is 0 Å². The Hall–Kier alpha value is -2.28. The Balaban J connectivity index is 2.66. The van der Waals surface area contributed by atoms with Crippen LogP contribution in [0.1, 0.15) is 5.56 Å². The lowest BCUT2D eigenvalue weighted by molar-refractivity contribution is 1.34. The maximum absolute atomic E-state index is 8.91. The van der Waals surface area contributed by atoms with Gasteiger partial charge in [0.2, 0.25) is 0 Å². The van der Waals surface area contributed by atoms with E-state index in [2.05, 4.69) is 21.0 Å². The minimum Gasteiger partial charge on any atom is -0.360 e. The molecule has 0 saturated carbocycles. The minimum absolute atomic E-state index is 0.626. The molecule has 3 aromatic rings. The molecule has 0 unspecified atom stereocenters. The summed E-state index contributed by atoms with van der Waals surface area (Å²) in [6, 6.07) is 4.08. The first-order valence-corrected chi connectivity index (χ1v) is 4.23. The van der Waals surface area contributed by atoms with Crippen LogP contribution in [0.5, 0.6) is 0 Å². The highest BCUT2D eigenvalue weighted by molar-refractivity contribution is 6.05. The van der Waals surface area contributed by atoms with Crippen molar-refractivity contribution in [1.29, 1.82) is 5.26 Å². The van der Waals surface area contributed by atoms with E-state index in [0.29, 0.717) is 5.56 Å². The second-order valence-corrected chi connectivity index (χ2v) is 3.10. The number of fused-ring (bicyclic) bond motifs is 3. The van der Waals surface area contributed by atoms with Gasteiger partial charge in [0, 0.05) is 24.0 Å². The maximum Gasteiger partial charge on any atom is 0.140 e. The lowest BCUT2D eigenvalue weighted by Gasteiger charge is -1.92. The van der Waals surface area contributed by atoms with E-state index in [0.717, 1.165) is 21.9 Å². The molecule has 0 aliphatic heterocycles. The number of H-pyrrole nitrogens is 2. The third kappa shape index (κ3) is 0.735. The van der Waals surface area contributed by atoms with Crippen molar-refractivity contribution in [3.8, 4) is 6.07 Å². The third-order valence-electron chi connectivity index (χ3n) is 2.34. The van der Waals surface area contributed by atoms with Gasteiger partial charge in [-0.3, -0.25) is 0 Å². The van der Waals surface area contributed by atoms with Crippen LogP contribution in [-0.2, 0) is 0 Å². The first-order chi connectivity index (χ1) is 6.90. The Morgan fingerprint density at radius 3 is 3.14 bits per heavy atom. The highest BCUT2D eigenvalue weighted by Crippen LogP contribution is 2.24. The summed E-state index contributed by atoms with van der Waals surface area (Å²) >= 11 is 0. The van der Waals surface area contributed by atoms with E-state index in [4.69, 9.17) is 5.26 Å². The number of nitriles is 1. The summed E-state index contributed by atoms with van der Waals surface area (Å²) in [6.45, 7) is 0. The molecule has 0 amide bonds. The van der Waals surface area contributed by atoms with Crippen LogP contribution in [0.25, 0.3) is 21.9 Å². The van der Waals surface area contributed by atoms with Crippen LogP contribution < -0.4 is 0 Å². The molecule has 0 aliphatic rings. The predicted octanol–water partition coefficient (Wildman–Crippen LogP) is 1.92. The second kappa shape index (κ2) is 2.36. The Labute approximate surface area is 79.2 Å². The quantitative estimate of drug-likeness (QED) is 0.557. The van der Waals surface area contributed by atoms with E-state index < -0.39 is 0 Å². The first kappa shape index (κ1) is 7.15. The van der Waals surface area contributed by atoms with Crippen molar-refractivity contribution < 1.29 is 0 Å². The van der Waals surface area contributed by atoms with E-state index in [1.165, 1.54) is 0 Å². The fraction of sp³-hybridized carbons (Fsp3) is 0. The highest BCUT2D eigenvalue weighted by Gasteiger charge is 2.08. The zero-order valence-electron chi connectivity index (χ0n) is 7.20. The number of pyridine rings is 1. The standard InChI is InChI=1S/C10H6N4/c11-3-7-5-14-10-8(7)9-6(4-13-10)1-2-12-9/h1-2,4-5,12H,(H,13,14). The van der Waals surface area contributed by atoms with Crippen molar-refractivity contribution in [2.75, 3.05) is 0 Å². The van der Waals surface area contributed by atoms with Gasteiger partial charge in [-0.1, -0.05) is 0 Å². The summed E-state index contributed by atoms with van der Waals surface area (Å²) in [5, 5.41) is 10.8. The second-order valence-electron chi connectivity index (χ2n) is 3.10. The number of hydrogen-bond acceptors (Lipinski definition) is 2. The van der Waals surface area contributed by atoms with Crippen molar-refractivity contribution in [2.24, 2.45) is 0 Å². The highest BCUT2D eigenvalue weighted by atomic mass is 14.9. The Morgan fingerprint density at radius 1 is 1.36 bits per heavy atom. The predicted molar refractivity (Wildman–Crippen MR) is 52.7 cm³/mol. The van der Waals surface area contributed by atoms with Crippen LogP contribution in [0, 0.1) is 11.3 Å². The summed E-state index contributed by atoms with van der Waals surface area (Å²) in [4.78, 5) is 10.3. The number of aromatic nitrogens is 3. The van der Waals surface area contributed by atoms with Gasteiger partial charge in [-0.15, -0.1) is 0 Å². The minimum atomic E-state index is 0.626. The normalized spacial score (nSPS) is 10.8. The third-order valence-corrected chi connectivity index (χ3v) is 2.34. The van der Waals surface area contributed by atoms with Crippen molar-refractivity contribution in [1.82, 2.24) is 15.0 Å². The Kier molecular flexibility index (Phi) is 1.21. The summed E-state index contributed by atoms with van der Waals surface area (Å²) in [7, 11) is 0. The molecule has 0 aliphatic carbocycles. The van der Waals surface area contributed by atoms with Crippen molar-refractivity contribution in [2.45, 2.75) is 0 Å². The van der Waals surface area contributed by atoms with Gasteiger partial charge in [-0.05, 0) is 6.07 Å². The molecule has 4 nitrogen and oxygen atoms in total. The number of aromatic amines is 2. The lowest BCUT2D eigenvalue weighted by Crippen LogP contribution is -1.78. The van der Waals surface area contributed by atoms with Crippen molar-refractivity contribution >= 4 is 21.9 Å². The van der Waals surface area contributed by atoms with Crippen LogP contribution in [0.3, 0.4) is 0 Å². The molecule has 0 radical (unpaired) electrons. The molecule has 0 fully saturated rings. The largest absolute Gasteiger partial charge is 0.360 e. The average molecular weight is 182 g/mol. The molecule has 3 aromatic heterocycles. The van der Waals surface area contributed by atoms with Gasteiger partial charge >= 0.3 is 0 Å². The molecule has 3 heterocycles. The van der Waals surface area contributed by atoms with Crippen LogP contribution in [0.2, 0.25) is 0 Å². The van der Waals surface area contributed by atoms with Crippen LogP contribution in [-0.4, -0.2) is 15.0 Å². The van der Waals surface area contributed by atoms with Crippen LogP contribution >= 0.6 is 0 Å². The average Bonchev–Trinajstić information content (AvgIpc) is 2.82. The summed E-state index contributed by atoms with van der Waals surface area (Å²) in [6.07, 6.45) is 5.31. The molecule has 4 heteroatoms. The summed E-state index contributed by atoms with van der Waals surface area (Å²) in [5.74, 6) is 0. The first-order valence-electron chi connectivity index (χ1n) is 4.23. The van der Waals surface area contributed by atoms with Gasteiger partial charge in [-0.25, -0.2) is 4.98 Å². The number of rotatable bonds is 0. The van der Waals surface area contributed by atoms with Gasteiger partial charge in [0.05, 0.1) is 16.5 Å². The summed E-state index contributed by atoms with van der Waals surface area (Å²) in [5.41, 5.74) is 2.34. The molecule has 3 rings (SSSR count). The van der Waals surface area contributed by atoms with Gasteiger partial charge in [0.25, 0.3) is 0 Å².